The summed E-state index contributed by atoms with van der Waals surface area (Å²) in [5.74, 6) is -2.42. The van der Waals surface area contributed by atoms with Gasteiger partial charge in [-0.2, -0.15) is 13.2 Å². The first-order valence-electron chi connectivity index (χ1n) is 10.1. The number of aryl methyl sites for hydroxylation is 1. The van der Waals surface area contributed by atoms with Crippen LogP contribution in [-0.4, -0.2) is 29.9 Å². The molecule has 0 amide bonds. The predicted octanol–water partition coefficient (Wildman–Crippen LogP) is 3.63. The highest BCUT2D eigenvalue weighted by Crippen LogP contribution is 2.34. The van der Waals surface area contributed by atoms with E-state index in [0.29, 0.717) is 22.7 Å². The number of halogens is 4. The standard InChI is InChI=1S/C22H16F4N4O5/c1-2-28-11-27-15-8-13(6-7-16(15)28)29-10-17(35-21(33)34)19(31)30(20(29)32)9-12-4-3-5-14(23)18(12)22(24,25)26/h3-8,10-11H,2,9H2,1H3,(H,33,34). The van der Waals surface area contributed by atoms with Gasteiger partial charge in [-0.25, -0.2) is 19.0 Å². The van der Waals surface area contributed by atoms with Crippen molar-refractivity contribution in [2.45, 2.75) is 26.2 Å². The first kappa shape index (κ1) is 23.7. The molecule has 0 fully saturated rings. The first-order chi connectivity index (χ1) is 16.5. The topological polar surface area (TPSA) is 108 Å². The van der Waals surface area contributed by atoms with Crippen molar-refractivity contribution in [3.63, 3.8) is 0 Å². The molecule has 2 aromatic heterocycles. The van der Waals surface area contributed by atoms with E-state index in [1.165, 1.54) is 12.1 Å². The van der Waals surface area contributed by atoms with E-state index in [1.807, 2.05) is 11.5 Å². The molecule has 0 saturated carbocycles. The number of alkyl halides is 3. The van der Waals surface area contributed by atoms with Crippen LogP contribution in [0.3, 0.4) is 0 Å². The molecule has 4 aromatic rings. The number of ether oxygens (including phenoxy) is 1. The average molecular weight is 492 g/mol. The van der Waals surface area contributed by atoms with E-state index in [2.05, 4.69) is 9.72 Å². The van der Waals surface area contributed by atoms with Gasteiger partial charge in [0.2, 0.25) is 5.75 Å². The highest BCUT2D eigenvalue weighted by Gasteiger charge is 2.37. The fourth-order valence-corrected chi connectivity index (χ4v) is 3.71. The van der Waals surface area contributed by atoms with E-state index in [0.717, 1.165) is 28.4 Å². The van der Waals surface area contributed by atoms with Gasteiger partial charge in [0.1, 0.15) is 5.82 Å². The molecule has 0 bridgehead atoms. The molecule has 1 N–H and O–H groups in total. The first-order valence-corrected chi connectivity index (χ1v) is 10.1. The second-order valence-corrected chi connectivity index (χ2v) is 7.38. The number of hydrogen-bond donors (Lipinski definition) is 1. The Morgan fingerprint density at radius 1 is 1.17 bits per heavy atom. The third kappa shape index (κ3) is 4.39. The molecule has 2 aromatic carbocycles. The predicted molar refractivity (Wildman–Crippen MR) is 114 cm³/mol. The van der Waals surface area contributed by atoms with E-state index < -0.39 is 52.8 Å². The van der Waals surface area contributed by atoms with Crippen molar-refractivity contribution in [1.82, 2.24) is 18.7 Å². The summed E-state index contributed by atoms with van der Waals surface area (Å²) in [7, 11) is 0. The number of rotatable bonds is 5. The molecular formula is C22H16F4N4O5. The zero-order valence-corrected chi connectivity index (χ0v) is 17.9. The van der Waals surface area contributed by atoms with Crippen molar-refractivity contribution < 1.29 is 32.2 Å². The van der Waals surface area contributed by atoms with Crippen LogP contribution >= 0.6 is 0 Å². The maximum atomic E-state index is 14.0. The number of carboxylic acid groups (broad SMARTS) is 1. The van der Waals surface area contributed by atoms with Crippen molar-refractivity contribution in [3.8, 4) is 11.4 Å². The molecule has 0 aliphatic carbocycles. The maximum absolute atomic E-state index is 14.0. The van der Waals surface area contributed by atoms with Gasteiger partial charge in [-0.05, 0) is 36.8 Å². The van der Waals surface area contributed by atoms with Gasteiger partial charge in [-0.1, -0.05) is 12.1 Å². The Bertz CT molecular complexity index is 1570. The minimum atomic E-state index is -5.11. The molecule has 35 heavy (non-hydrogen) atoms. The van der Waals surface area contributed by atoms with E-state index in [4.69, 9.17) is 5.11 Å². The van der Waals surface area contributed by atoms with Gasteiger partial charge in [0.25, 0.3) is 5.56 Å². The lowest BCUT2D eigenvalue weighted by molar-refractivity contribution is -0.140. The number of imidazole rings is 1. The number of nitrogens with zero attached hydrogens (tertiary/aromatic N) is 4. The Labute approximate surface area is 193 Å². The summed E-state index contributed by atoms with van der Waals surface area (Å²) in [5.41, 5.74) is -3.40. The molecule has 9 nitrogen and oxygen atoms in total. The lowest BCUT2D eigenvalue weighted by Gasteiger charge is -2.16. The summed E-state index contributed by atoms with van der Waals surface area (Å²) in [6, 6.07) is 7.11. The number of fused-ring (bicyclic) bond motifs is 1. The second kappa shape index (κ2) is 8.74. The number of benzene rings is 2. The Kier molecular flexibility index (Phi) is 5.92. The van der Waals surface area contributed by atoms with Gasteiger partial charge in [0.15, 0.2) is 0 Å². The van der Waals surface area contributed by atoms with Crippen molar-refractivity contribution >= 4 is 17.2 Å². The molecule has 4 rings (SSSR count). The van der Waals surface area contributed by atoms with Gasteiger partial charge < -0.3 is 14.4 Å². The zero-order chi connectivity index (χ0) is 25.5. The Morgan fingerprint density at radius 2 is 1.91 bits per heavy atom. The van der Waals surface area contributed by atoms with Crippen LogP contribution in [0.2, 0.25) is 0 Å². The Balaban J connectivity index is 1.94. The molecule has 0 saturated heterocycles. The van der Waals surface area contributed by atoms with E-state index in [-0.39, 0.29) is 5.69 Å². The van der Waals surface area contributed by atoms with E-state index in [1.54, 1.807) is 12.4 Å². The Morgan fingerprint density at radius 3 is 2.57 bits per heavy atom. The molecule has 0 radical (unpaired) electrons. The number of hydrogen-bond acceptors (Lipinski definition) is 5. The summed E-state index contributed by atoms with van der Waals surface area (Å²) >= 11 is 0. The van der Waals surface area contributed by atoms with Crippen LogP contribution in [0.25, 0.3) is 16.7 Å². The zero-order valence-electron chi connectivity index (χ0n) is 17.9. The van der Waals surface area contributed by atoms with Gasteiger partial charge in [0.05, 0.1) is 41.4 Å². The maximum Gasteiger partial charge on any atom is 0.511 e. The lowest BCUT2D eigenvalue weighted by Crippen LogP contribution is -2.40. The minimum absolute atomic E-state index is 0.142. The molecule has 13 heteroatoms. The lowest BCUT2D eigenvalue weighted by atomic mass is 10.1. The van der Waals surface area contributed by atoms with Crippen LogP contribution in [0.1, 0.15) is 18.1 Å². The fourth-order valence-electron chi connectivity index (χ4n) is 3.71. The van der Waals surface area contributed by atoms with Crippen molar-refractivity contribution in [2.75, 3.05) is 0 Å². The summed E-state index contributed by atoms with van der Waals surface area (Å²) in [6.07, 6.45) is -4.59. The minimum Gasteiger partial charge on any atom is -0.449 e. The third-order valence-corrected chi connectivity index (χ3v) is 5.27. The van der Waals surface area contributed by atoms with Gasteiger partial charge in [0, 0.05) is 6.54 Å². The Hall–Kier alpha value is -4.42. The molecular weight excluding hydrogens is 476 g/mol. The molecule has 0 atom stereocenters. The van der Waals surface area contributed by atoms with Crippen LogP contribution < -0.4 is 16.0 Å². The fraction of sp³-hybridized carbons (Fsp3) is 0.182. The average Bonchev–Trinajstić information content (AvgIpc) is 3.19. The molecule has 0 spiro atoms. The molecule has 0 aliphatic heterocycles. The number of aromatic nitrogens is 4. The van der Waals surface area contributed by atoms with Crippen LogP contribution in [0.15, 0.2) is 58.5 Å². The normalized spacial score (nSPS) is 11.7. The summed E-state index contributed by atoms with van der Waals surface area (Å²) in [4.78, 5) is 41.3. The van der Waals surface area contributed by atoms with Crippen LogP contribution in [-0.2, 0) is 19.3 Å². The quantitative estimate of drug-likeness (QED) is 0.337. The van der Waals surface area contributed by atoms with Crippen molar-refractivity contribution in [2.24, 2.45) is 0 Å². The summed E-state index contributed by atoms with van der Waals surface area (Å²) in [6.45, 7) is 1.52. The smallest absolute Gasteiger partial charge is 0.449 e. The SMILES string of the molecule is CCn1cnc2cc(-n3cc(OC(=O)O)c(=O)n(Cc4cccc(F)c4C(F)(F)F)c3=O)ccc21. The van der Waals surface area contributed by atoms with Crippen molar-refractivity contribution in [1.29, 1.82) is 0 Å². The monoisotopic (exact) mass is 492 g/mol. The highest BCUT2D eigenvalue weighted by molar-refractivity contribution is 5.77. The number of carbonyl (C=O) groups is 1. The molecule has 2 heterocycles. The highest BCUT2D eigenvalue weighted by atomic mass is 19.4. The molecule has 0 aliphatic rings. The van der Waals surface area contributed by atoms with Gasteiger partial charge >= 0.3 is 18.0 Å². The van der Waals surface area contributed by atoms with Gasteiger partial charge in [-0.15, -0.1) is 0 Å². The van der Waals surface area contributed by atoms with Crippen LogP contribution in [0, 0.1) is 5.82 Å². The second-order valence-electron chi connectivity index (χ2n) is 7.38. The van der Waals surface area contributed by atoms with E-state index >= 15 is 0 Å². The molecule has 0 unspecified atom stereocenters. The third-order valence-electron chi connectivity index (χ3n) is 5.27. The summed E-state index contributed by atoms with van der Waals surface area (Å²) < 4.78 is 61.9. The van der Waals surface area contributed by atoms with Crippen LogP contribution in [0.5, 0.6) is 5.75 Å². The van der Waals surface area contributed by atoms with Crippen LogP contribution in [0.4, 0.5) is 22.4 Å². The van der Waals surface area contributed by atoms with Crippen molar-refractivity contribution in [3.05, 3.63) is 86.7 Å². The van der Waals surface area contributed by atoms with Gasteiger partial charge in [-0.3, -0.25) is 13.9 Å². The molecule has 182 valence electrons. The summed E-state index contributed by atoms with van der Waals surface area (Å²) in [5, 5.41) is 8.99. The largest absolute Gasteiger partial charge is 0.511 e. The van der Waals surface area contributed by atoms with E-state index in [9.17, 15) is 31.9 Å².